The SMILES string of the molecule is Cc1ccccc1CON=Cc1ccccc1Cl. The van der Waals surface area contributed by atoms with Gasteiger partial charge in [-0.3, -0.25) is 0 Å². The number of halogens is 1. The minimum Gasteiger partial charge on any atom is -0.391 e. The van der Waals surface area contributed by atoms with Crippen LogP contribution >= 0.6 is 11.6 Å². The van der Waals surface area contributed by atoms with Gasteiger partial charge in [0.25, 0.3) is 0 Å². The minimum absolute atomic E-state index is 0.466. The van der Waals surface area contributed by atoms with E-state index in [1.807, 2.05) is 42.5 Å². The van der Waals surface area contributed by atoms with Crippen molar-refractivity contribution < 1.29 is 4.84 Å². The molecule has 0 saturated carbocycles. The van der Waals surface area contributed by atoms with Crippen molar-refractivity contribution in [1.29, 1.82) is 0 Å². The number of aryl methyl sites for hydroxylation is 1. The summed E-state index contributed by atoms with van der Waals surface area (Å²) in [6.45, 7) is 2.52. The van der Waals surface area contributed by atoms with E-state index in [0.29, 0.717) is 11.6 Å². The zero-order chi connectivity index (χ0) is 12.8. The molecule has 0 aliphatic heterocycles. The number of rotatable bonds is 4. The molecule has 92 valence electrons. The highest BCUT2D eigenvalue weighted by Gasteiger charge is 1.97. The Kier molecular flexibility index (Phi) is 4.37. The highest BCUT2D eigenvalue weighted by molar-refractivity contribution is 6.33. The molecule has 0 heterocycles. The van der Waals surface area contributed by atoms with E-state index < -0.39 is 0 Å². The van der Waals surface area contributed by atoms with Crippen LogP contribution in [0.2, 0.25) is 5.02 Å². The van der Waals surface area contributed by atoms with Gasteiger partial charge in [-0.05, 0) is 24.1 Å². The van der Waals surface area contributed by atoms with Crippen LogP contribution in [0.5, 0.6) is 0 Å². The lowest BCUT2D eigenvalue weighted by atomic mass is 10.1. The third-order valence-corrected chi connectivity index (χ3v) is 3.00. The van der Waals surface area contributed by atoms with Gasteiger partial charge in [-0.25, -0.2) is 0 Å². The number of hydrogen-bond acceptors (Lipinski definition) is 2. The van der Waals surface area contributed by atoms with Gasteiger partial charge in [0.2, 0.25) is 0 Å². The fourth-order valence-electron chi connectivity index (χ4n) is 1.55. The third-order valence-electron chi connectivity index (χ3n) is 2.65. The van der Waals surface area contributed by atoms with Gasteiger partial charge in [-0.2, -0.15) is 0 Å². The first kappa shape index (κ1) is 12.7. The average molecular weight is 260 g/mol. The Morgan fingerprint density at radius 2 is 1.83 bits per heavy atom. The van der Waals surface area contributed by atoms with Crippen molar-refractivity contribution in [3.05, 3.63) is 70.2 Å². The van der Waals surface area contributed by atoms with Crippen molar-refractivity contribution in [3.63, 3.8) is 0 Å². The topological polar surface area (TPSA) is 21.6 Å². The van der Waals surface area contributed by atoms with Gasteiger partial charge in [0.1, 0.15) is 6.61 Å². The lowest BCUT2D eigenvalue weighted by Crippen LogP contribution is -1.91. The average Bonchev–Trinajstić information content (AvgIpc) is 2.38. The van der Waals surface area contributed by atoms with Crippen LogP contribution < -0.4 is 0 Å². The van der Waals surface area contributed by atoms with E-state index in [0.717, 1.165) is 11.1 Å². The molecule has 18 heavy (non-hydrogen) atoms. The second kappa shape index (κ2) is 6.22. The van der Waals surface area contributed by atoms with Gasteiger partial charge in [0.05, 0.1) is 6.21 Å². The van der Waals surface area contributed by atoms with Crippen molar-refractivity contribution in [2.75, 3.05) is 0 Å². The summed E-state index contributed by atoms with van der Waals surface area (Å²) >= 11 is 6.00. The van der Waals surface area contributed by atoms with Crippen LogP contribution in [0.4, 0.5) is 0 Å². The number of oxime groups is 1. The quantitative estimate of drug-likeness (QED) is 0.596. The van der Waals surface area contributed by atoms with Crippen LogP contribution in [-0.4, -0.2) is 6.21 Å². The zero-order valence-electron chi connectivity index (χ0n) is 10.1. The normalized spacial score (nSPS) is 10.8. The molecular formula is C15H14ClNO. The van der Waals surface area contributed by atoms with Crippen molar-refractivity contribution >= 4 is 17.8 Å². The van der Waals surface area contributed by atoms with Crippen molar-refractivity contribution in [2.24, 2.45) is 5.16 Å². The molecule has 0 unspecified atom stereocenters. The Bertz CT molecular complexity index is 552. The van der Waals surface area contributed by atoms with Gasteiger partial charge in [0, 0.05) is 10.6 Å². The Hall–Kier alpha value is -1.80. The first-order chi connectivity index (χ1) is 8.77. The molecule has 0 spiro atoms. The molecule has 0 fully saturated rings. The van der Waals surface area contributed by atoms with E-state index in [1.165, 1.54) is 5.56 Å². The Labute approximate surface area is 112 Å². The first-order valence-electron chi connectivity index (χ1n) is 5.72. The summed E-state index contributed by atoms with van der Waals surface area (Å²) in [6, 6.07) is 15.6. The summed E-state index contributed by atoms with van der Waals surface area (Å²) < 4.78 is 0. The monoisotopic (exact) mass is 259 g/mol. The molecule has 2 rings (SSSR count). The van der Waals surface area contributed by atoms with E-state index in [4.69, 9.17) is 16.4 Å². The summed E-state index contributed by atoms with van der Waals surface area (Å²) in [4.78, 5) is 5.27. The molecule has 0 N–H and O–H groups in total. The van der Waals surface area contributed by atoms with E-state index in [9.17, 15) is 0 Å². The molecule has 0 radical (unpaired) electrons. The van der Waals surface area contributed by atoms with Crippen LogP contribution in [0.15, 0.2) is 53.7 Å². The molecule has 3 heteroatoms. The highest BCUT2D eigenvalue weighted by atomic mass is 35.5. The highest BCUT2D eigenvalue weighted by Crippen LogP contribution is 2.13. The maximum atomic E-state index is 6.00. The summed E-state index contributed by atoms with van der Waals surface area (Å²) in [5.41, 5.74) is 3.18. The molecule has 0 amide bonds. The van der Waals surface area contributed by atoms with Crippen LogP contribution in [0, 0.1) is 6.92 Å². The van der Waals surface area contributed by atoms with E-state index >= 15 is 0 Å². The van der Waals surface area contributed by atoms with Gasteiger partial charge in [-0.15, -0.1) is 0 Å². The summed E-state index contributed by atoms with van der Waals surface area (Å²) in [5.74, 6) is 0. The fourth-order valence-corrected chi connectivity index (χ4v) is 1.74. The maximum absolute atomic E-state index is 6.00. The zero-order valence-corrected chi connectivity index (χ0v) is 10.9. The molecule has 0 bridgehead atoms. The van der Waals surface area contributed by atoms with Crippen molar-refractivity contribution in [1.82, 2.24) is 0 Å². The molecule has 0 aliphatic rings. The predicted octanol–water partition coefficient (Wildman–Crippen LogP) is 4.20. The fraction of sp³-hybridized carbons (Fsp3) is 0.133. The summed E-state index contributed by atoms with van der Waals surface area (Å²) in [6.07, 6.45) is 1.63. The molecule has 0 aliphatic carbocycles. The van der Waals surface area contributed by atoms with Gasteiger partial charge >= 0.3 is 0 Å². The first-order valence-corrected chi connectivity index (χ1v) is 6.09. The number of benzene rings is 2. The van der Waals surface area contributed by atoms with Crippen LogP contribution in [0.1, 0.15) is 16.7 Å². The number of hydrogen-bond donors (Lipinski definition) is 0. The van der Waals surface area contributed by atoms with Gasteiger partial charge < -0.3 is 4.84 Å². The van der Waals surface area contributed by atoms with Crippen molar-refractivity contribution in [2.45, 2.75) is 13.5 Å². The Morgan fingerprint density at radius 3 is 2.61 bits per heavy atom. The molecule has 0 aromatic heterocycles. The van der Waals surface area contributed by atoms with E-state index in [2.05, 4.69) is 18.1 Å². The molecular weight excluding hydrogens is 246 g/mol. The molecule has 0 atom stereocenters. The summed E-state index contributed by atoms with van der Waals surface area (Å²) in [5, 5.41) is 4.60. The maximum Gasteiger partial charge on any atom is 0.142 e. The third kappa shape index (κ3) is 3.34. The molecule has 2 nitrogen and oxygen atoms in total. The second-order valence-electron chi connectivity index (χ2n) is 3.96. The van der Waals surface area contributed by atoms with Crippen molar-refractivity contribution in [3.8, 4) is 0 Å². The van der Waals surface area contributed by atoms with Gasteiger partial charge in [-0.1, -0.05) is 59.2 Å². The van der Waals surface area contributed by atoms with Gasteiger partial charge in [0.15, 0.2) is 0 Å². The largest absolute Gasteiger partial charge is 0.391 e. The van der Waals surface area contributed by atoms with E-state index in [-0.39, 0.29) is 0 Å². The predicted molar refractivity (Wildman–Crippen MR) is 75.0 cm³/mol. The number of nitrogens with zero attached hydrogens (tertiary/aromatic N) is 1. The van der Waals surface area contributed by atoms with Crippen LogP contribution in [0.25, 0.3) is 0 Å². The molecule has 2 aromatic carbocycles. The molecule has 0 saturated heterocycles. The molecule has 2 aromatic rings. The summed E-state index contributed by atoms with van der Waals surface area (Å²) in [7, 11) is 0. The second-order valence-corrected chi connectivity index (χ2v) is 4.36. The van der Waals surface area contributed by atoms with E-state index in [1.54, 1.807) is 6.21 Å². The minimum atomic E-state index is 0.466. The Morgan fingerprint density at radius 1 is 1.11 bits per heavy atom. The van der Waals surface area contributed by atoms with Crippen LogP contribution in [0.3, 0.4) is 0 Å². The Balaban J connectivity index is 1.93. The van der Waals surface area contributed by atoms with Crippen LogP contribution in [-0.2, 0) is 11.4 Å². The lowest BCUT2D eigenvalue weighted by Gasteiger charge is -2.03. The smallest absolute Gasteiger partial charge is 0.142 e. The standard InChI is InChI=1S/C15H14ClNO/c1-12-6-2-3-8-14(12)11-18-17-10-13-7-4-5-9-15(13)16/h2-10H,11H2,1H3. The lowest BCUT2D eigenvalue weighted by molar-refractivity contribution is 0.131.